The second-order valence-electron chi connectivity index (χ2n) is 15.2. The molecule has 0 radical (unpaired) electrons. The molecule has 6 N–H and O–H groups in total. The minimum Gasteiger partial charge on any atom is -0.460 e. The second-order valence-corrected chi connectivity index (χ2v) is 15.2. The molecule has 15 nitrogen and oxygen atoms in total. The number of benzene rings is 1. The SMILES string of the molecule is CC(C)[C@H](NC(=O)CCOCCN1C(=O)CC(C(C)(C)C)C1=O)C(=O)N[C@@H](CCCNC(N)=O)C(=O)Nc1ccc(COC(=O)C(C)(C)C)cc1. The van der Waals surface area contributed by atoms with Gasteiger partial charge in [-0.15, -0.1) is 0 Å². The normalized spacial score (nSPS) is 16.0. The highest BCUT2D eigenvalue weighted by Gasteiger charge is 2.44. The summed E-state index contributed by atoms with van der Waals surface area (Å²) in [4.78, 5) is 89.0. The maximum Gasteiger partial charge on any atom is 0.312 e. The van der Waals surface area contributed by atoms with Crippen LogP contribution in [0.15, 0.2) is 24.3 Å². The number of esters is 1. The number of likely N-dealkylation sites (tertiary alicyclic amines) is 1. The number of urea groups is 1. The van der Waals surface area contributed by atoms with Gasteiger partial charge in [-0.1, -0.05) is 46.8 Å². The Balaban J connectivity index is 1.95. The molecule has 1 aliphatic rings. The summed E-state index contributed by atoms with van der Waals surface area (Å²) in [6.07, 6.45) is 0.572. The molecule has 0 aliphatic carbocycles. The van der Waals surface area contributed by atoms with Crippen molar-refractivity contribution in [3.8, 4) is 0 Å². The zero-order chi connectivity index (χ0) is 38.5. The van der Waals surface area contributed by atoms with Gasteiger partial charge >= 0.3 is 12.0 Å². The minimum absolute atomic E-state index is 0.00684. The largest absolute Gasteiger partial charge is 0.460 e. The van der Waals surface area contributed by atoms with E-state index in [0.717, 1.165) is 5.56 Å². The van der Waals surface area contributed by atoms with Gasteiger partial charge in [0, 0.05) is 25.1 Å². The van der Waals surface area contributed by atoms with Crippen LogP contribution in [0.1, 0.15) is 86.6 Å². The fourth-order valence-corrected chi connectivity index (χ4v) is 5.13. The van der Waals surface area contributed by atoms with Gasteiger partial charge < -0.3 is 36.5 Å². The topological polar surface area (TPSA) is 215 Å². The molecule has 2 rings (SSSR count). The second kappa shape index (κ2) is 19.2. The lowest BCUT2D eigenvalue weighted by molar-refractivity contribution is -0.154. The average Bonchev–Trinajstić information content (AvgIpc) is 3.32. The highest BCUT2D eigenvalue weighted by Crippen LogP contribution is 2.35. The maximum absolute atomic E-state index is 13.4. The van der Waals surface area contributed by atoms with Crippen LogP contribution in [0, 0.1) is 22.7 Å². The van der Waals surface area contributed by atoms with Crippen LogP contribution in [-0.4, -0.2) is 84.8 Å². The lowest BCUT2D eigenvalue weighted by Crippen LogP contribution is -2.54. The standard InChI is InChI=1S/C36H56N6O9/c1-22(2)29(41-27(43)15-18-50-19-17-42-28(44)20-25(32(42)47)35(3,4)5)31(46)40-26(10-9-16-38-34(37)49)30(45)39-24-13-11-23(12-14-24)21-51-33(48)36(6,7)8/h11-14,22,25-26,29H,9-10,15-21H2,1-8H3,(H,39,45)(H,40,46)(H,41,43)(H3,37,38,49)/t25?,26-,29-/m0/s1. The van der Waals surface area contributed by atoms with Crippen LogP contribution in [0.3, 0.4) is 0 Å². The Hall–Kier alpha value is -4.53. The first-order valence-corrected chi connectivity index (χ1v) is 17.3. The van der Waals surface area contributed by atoms with Crippen LogP contribution in [0.5, 0.6) is 0 Å². The number of carbonyl (C=O) groups excluding carboxylic acids is 7. The Bertz CT molecular complexity index is 1400. The number of nitrogens with one attached hydrogen (secondary N) is 4. The van der Waals surface area contributed by atoms with Crippen molar-refractivity contribution in [2.75, 3.05) is 31.6 Å². The van der Waals surface area contributed by atoms with Crippen LogP contribution >= 0.6 is 0 Å². The lowest BCUT2D eigenvalue weighted by atomic mass is 9.80. The van der Waals surface area contributed by atoms with Gasteiger partial charge in [0.15, 0.2) is 0 Å². The first-order chi connectivity index (χ1) is 23.7. The van der Waals surface area contributed by atoms with Crippen LogP contribution in [0.4, 0.5) is 10.5 Å². The Morgan fingerprint density at radius 1 is 0.941 bits per heavy atom. The lowest BCUT2D eigenvalue weighted by Gasteiger charge is -2.25. The molecule has 1 unspecified atom stereocenters. The van der Waals surface area contributed by atoms with Crippen molar-refractivity contribution in [3.05, 3.63) is 29.8 Å². The Morgan fingerprint density at radius 3 is 2.14 bits per heavy atom. The summed E-state index contributed by atoms with van der Waals surface area (Å²) in [5.41, 5.74) is 5.35. The fourth-order valence-electron chi connectivity index (χ4n) is 5.13. The van der Waals surface area contributed by atoms with Gasteiger partial charge in [-0.05, 0) is 62.6 Å². The van der Waals surface area contributed by atoms with Gasteiger partial charge in [-0.2, -0.15) is 0 Å². The number of carbonyl (C=O) groups is 7. The monoisotopic (exact) mass is 716 g/mol. The average molecular weight is 717 g/mol. The first-order valence-electron chi connectivity index (χ1n) is 17.3. The zero-order valence-corrected chi connectivity index (χ0v) is 31.2. The molecule has 1 aromatic carbocycles. The Kier molecular flexibility index (Phi) is 16.0. The van der Waals surface area contributed by atoms with Gasteiger partial charge in [0.25, 0.3) is 0 Å². The number of amides is 7. The third-order valence-corrected chi connectivity index (χ3v) is 8.29. The molecule has 0 bridgehead atoms. The predicted octanol–water partition coefficient (Wildman–Crippen LogP) is 2.62. The van der Waals surface area contributed by atoms with Crippen molar-refractivity contribution in [2.24, 2.45) is 28.4 Å². The molecule has 1 aromatic rings. The van der Waals surface area contributed by atoms with Crippen molar-refractivity contribution in [3.63, 3.8) is 0 Å². The van der Waals surface area contributed by atoms with Crippen LogP contribution < -0.4 is 27.0 Å². The van der Waals surface area contributed by atoms with Gasteiger partial charge in [-0.3, -0.25) is 33.7 Å². The first kappa shape index (κ1) is 42.6. The van der Waals surface area contributed by atoms with Crippen molar-refractivity contribution in [1.82, 2.24) is 20.9 Å². The highest BCUT2D eigenvalue weighted by atomic mass is 16.5. The molecule has 51 heavy (non-hydrogen) atoms. The van der Waals surface area contributed by atoms with E-state index in [-0.39, 0.29) is 87.2 Å². The van der Waals surface area contributed by atoms with Crippen LogP contribution in [0.2, 0.25) is 0 Å². The molecular weight excluding hydrogens is 660 g/mol. The summed E-state index contributed by atoms with van der Waals surface area (Å²) in [7, 11) is 0. The van der Waals surface area contributed by atoms with Crippen LogP contribution in [-0.2, 0) is 44.8 Å². The predicted molar refractivity (Wildman–Crippen MR) is 190 cm³/mol. The van der Waals surface area contributed by atoms with Crippen molar-refractivity contribution < 1.29 is 43.0 Å². The number of rotatable bonds is 18. The van der Waals surface area contributed by atoms with E-state index in [2.05, 4.69) is 21.3 Å². The van der Waals surface area contributed by atoms with Crippen molar-refractivity contribution >= 4 is 47.2 Å². The van der Waals surface area contributed by atoms with E-state index in [9.17, 15) is 33.6 Å². The quantitative estimate of drug-likeness (QED) is 0.0856. The van der Waals surface area contributed by atoms with Gasteiger partial charge in [0.1, 0.15) is 18.7 Å². The molecule has 0 saturated carbocycles. The summed E-state index contributed by atoms with van der Waals surface area (Å²) in [5, 5.41) is 10.7. The molecule has 7 amide bonds. The van der Waals surface area contributed by atoms with Crippen LogP contribution in [0.25, 0.3) is 0 Å². The molecule has 0 aromatic heterocycles. The zero-order valence-electron chi connectivity index (χ0n) is 31.2. The van der Waals surface area contributed by atoms with Gasteiger partial charge in [-0.25, -0.2) is 4.79 Å². The van der Waals surface area contributed by atoms with Gasteiger partial charge in [0.05, 0.1) is 31.1 Å². The number of nitrogens with two attached hydrogens (primary N) is 1. The van der Waals surface area contributed by atoms with E-state index in [1.165, 1.54) is 4.90 Å². The number of nitrogens with zero attached hydrogens (tertiary/aromatic N) is 1. The molecule has 1 saturated heterocycles. The molecule has 3 atom stereocenters. The molecule has 1 fully saturated rings. The minimum atomic E-state index is -1.02. The Morgan fingerprint density at radius 2 is 1.59 bits per heavy atom. The van der Waals surface area contributed by atoms with E-state index < -0.39 is 41.3 Å². The fraction of sp³-hybridized carbons (Fsp3) is 0.639. The van der Waals surface area contributed by atoms with E-state index in [4.69, 9.17) is 15.2 Å². The summed E-state index contributed by atoms with van der Waals surface area (Å²) in [6, 6.07) is 4.00. The third kappa shape index (κ3) is 14.3. The van der Waals surface area contributed by atoms with E-state index >= 15 is 0 Å². The Labute approximate surface area is 300 Å². The van der Waals surface area contributed by atoms with E-state index in [0.29, 0.717) is 12.1 Å². The molecule has 284 valence electrons. The summed E-state index contributed by atoms with van der Waals surface area (Å²) >= 11 is 0. The molecule has 1 heterocycles. The highest BCUT2D eigenvalue weighted by molar-refractivity contribution is 6.04. The number of primary amides is 1. The number of hydrogen-bond donors (Lipinski definition) is 5. The number of imide groups is 1. The van der Waals surface area contributed by atoms with Crippen molar-refractivity contribution in [1.29, 1.82) is 0 Å². The number of hydrogen-bond acceptors (Lipinski definition) is 9. The molecule has 1 aliphatic heterocycles. The third-order valence-electron chi connectivity index (χ3n) is 8.29. The number of anilines is 1. The van der Waals surface area contributed by atoms with Gasteiger partial charge in [0.2, 0.25) is 29.5 Å². The maximum atomic E-state index is 13.4. The molecular formula is C36H56N6O9. The van der Waals surface area contributed by atoms with Crippen molar-refractivity contribution in [2.45, 2.75) is 99.8 Å². The van der Waals surface area contributed by atoms with E-state index in [1.807, 2.05) is 20.8 Å². The molecule has 15 heteroatoms. The van der Waals surface area contributed by atoms with E-state index in [1.54, 1.807) is 58.9 Å². The smallest absolute Gasteiger partial charge is 0.312 e. The summed E-state index contributed by atoms with van der Waals surface area (Å²) < 4.78 is 10.9. The number of ether oxygens (including phenoxy) is 2. The summed E-state index contributed by atoms with van der Waals surface area (Å²) in [6.45, 7) is 15.0. The molecule has 0 spiro atoms. The summed E-state index contributed by atoms with van der Waals surface area (Å²) in [5.74, 6) is -3.05.